The molecule has 4 aliphatic heterocycles. The van der Waals surface area contributed by atoms with Crippen molar-refractivity contribution in [3.05, 3.63) is 173 Å². The number of unbranched alkanes of at least 4 members (excludes halogenated alkanes) is 4. The fourth-order valence-corrected chi connectivity index (χ4v) is 18.6. The topological polar surface area (TPSA) is 304 Å². The van der Waals surface area contributed by atoms with Crippen LogP contribution in [0.2, 0.25) is 0 Å². The van der Waals surface area contributed by atoms with Gasteiger partial charge in [0.15, 0.2) is 34.8 Å². The van der Waals surface area contributed by atoms with Gasteiger partial charge < -0.3 is 68.9 Å². The van der Waals surface area contributed by atoms with Crippen molar-refractivity contribution >= 4 is 101 Å². The van der Waals surface area contributed by atoms with Gasteiger partial charge >= 0.3 is 0 Å². The molecule has 8 aromatic heterocycles. The van der Waals surface area contributed by atoms with E-state index in [1.807, 2.05) is 24.3 Å². The summed E-state index contributed by atoms with van der Waals surface area (Å²) in [6.45, 7) is 37.2. The molecular formula is C96H134N22O5S. The van der Waals surface area contributed by atoms with Gasteiger partial charge in [-0.15, -0.1) is 20.4 Å². The number of likely N-dealkylation sites (N-methyl/N-ethyl adjacent to an activating group) is 4. The summed E-state index contributed by atoms with van der Waals surface area (Å²) in [4.78, 5) is 97.4. The second-order valence-electron chi connectivity index (χ2n) is 34.0. The number of benzene rings is 4. The van der Waals surface area contributed by atoms with Crippen molar-refractivity contribution in [2.45, 2.75) is 183 Å². The van der Waals surface area contributed by atoms with Crippen molar-refractivity contribution in [1.29, 1.82) is 0 Å². The highest BCUT2D eigenvalue weighted by Crippen LogP contribution is 2.32. The maximum Gasteiger partial charge on any atom is 0.297 e. The van der Waals surface area contributed by atoms with Crippen molar-refractivity contribution in [3.8, 4) is 0 Å². The van der Waals surface area contributed by atoms with Gasteiger partial charge in [-0.05, 0) is 142 Å². The van der Waals surface area contributed by atoms with Gasteiger partial charge in [-0.2, -0.15) is 9.97 Å². The lowest BCUT2D eigenvalue weighted by Crippen LogP contribution is -2.46. The van der Waals surface area contributed by atoms with Crippen LogP contribution in [0.25, 0.3) is 43.6 Å². The number of nitrogens with zero attached hydrogens (tertiary/aromatic N) is 15. The van der Waals surface area contributed by atoms with E-state index in [1.54, 1.807) is 6.20 Å². The van der Waals surface area contributed by atoms with Crippen LogP contribution in [0, 0.1) is 17.8 Å². The number of carbonyl (C=O) groups is 4. The second-order valence-corrected chi connectivity index (χ2v) is 35.0. The van der Waals surface area contributed by atoms with E-state index in [4.69, 9.17) is 4.42 Å². The third-order valence-electron chi connectivity index (χ3n) is 25.5. The number of aromatic nitrogens is 13. The van der Waals surface area contributed by atoms with Crippen molar-refractivity contribution in [3.63, 3.8) is 0 Å². The van der Waals surface area contributed by atoms with Gasteiger partial charge in [-0.3, -0.25) is 29.4 Å². The lowest BCUT2D eigenvalue weighted by molar-refractivity contribution is 0.0924. The molecule has 664 valence electrons. The summed E-state index contributed by atoms with van der Waals surface area (Å²) < 4.78 is 5.91. The lowest BCUT2D eigenvalue weighted by atomic mass is 9.89. The number of H-pyrrole nitrogens is 6. The van der Waals surface area contributed by atoms with E-state index in [0.717, 1.165) is 261 Å². The Morgan fingerprint density at radius 2 is 0.758 bits per heavy atom. The number of ketones is 3. The number of oxazole rings is 1. The van der Waals surface area contributed by atoms with Gasteiger partial charge in [0, 0.05) is 198 Å². The highest BCUT2D eigenvalue weighted by molar-refractivity contribution is 7.17. The van der Waals surface area contributed by atoms with E-state index in [2.05, 4.69) is 263 Å². The highest BCUT2D eigenvalue weighted by Gasteiger charge is 2.30. The standard InChI is InChI=1S/C25H34N4O2.2C24H34N6O.C23H32N6OS/c1-3-5-8-19(15-20-17-26-22-10-7-6-9-21(20)22)16-23(30)24-18-27-25(31-24)29-13-11-28(4-2)12-14-29;2*1-3-5-8-18(15-19-17-25-21-10-7-6-9-20(19)21)16-22(31)23-26-24(28-27-23)30-13-11-29(4-2)12-14-30;1-3-5-8-18(15-17-16-24-20-10-7-6-9-19(17)20)25-21(30)22-26-27-23(31-22)29-13-11-28(4-2)12-14-29/h6-7,9-10,17-19,26H,3-5,8,11-16H2,1-2H3;2*6-7,9-10,17-18,25H,3-5,8,11-16H2,1-2H3,(H,26,27,28);6-7,9-10,16,18,24H,3-5,8,11-15H2,1-2H3,(H,25,30). The molecule has 4 aromatic carbocycles. The molecule has 0 bridgehead atoms. The van der Waals surface area contributed by atoms with Crippen LogP contribution < -0.4 is 24.9 Å². The molecule has 4 atom stereocenters. The number of nitrogens with one attached hydrogen (secondary N) is 7. The quantitative estimate of drug-likeness (QED) is 0.0176. The Labute approximate surface area is 735 Å². The number of anilines is 4. The Kier molecular flexibility index (Phi) is 34.3. The van der Waals surface area contributed by atoms with Crippen molar-refractivity contribution in [2.75, 3.05) is 150 Å². The number of amides is 1. The van der Waals surface area contributed by atoms with Crippen LogP contribution in [0.3, 0.4) is 0 Å². The van der Waals surface area contributed by atoms with Gasteiger partial charge in [-0.25, -0.2) is 4.98 Å². The lowest BCUT2D eigenvalue weighted by Gasteiger charge is -2.33. The molecule has 124 heavy (non-hydrogen) atoms. The number of hydrogen-bond donors (Lipinski definition) is 7. The van der Waals surface area contributed by atoms with E-state index in [1.165, 1.54) is 55.1 Å². The van der Waals surface area contributed by atoms with Gasteiger partial charge in [0.25, 0.3) is 11.9 Å². The summed E-state index contributed by atoms with van der Waals surface area (Å²) in [7, 11) is 0. The largest absolute Gasteiger partial charge is 0.420 e. The van der Waals surface area contributed by atoms with Crippen LogP contribution in [0.15, 0.2) is 132 Å². The van der Waals surface area contributed by atoms with Gasteiger partial charge in [0.05, 0.1) is 6.20 Å². The summed E-state index contributed by atoms with van der Waals surface area (Å²) in [6.07, 6.45) is 28.0. The predicted octanol–water partition coefficient (Wildman–Crippen LogP) is 16.7. The van der Waals surface area contributed by atoms with Crippen molar-refractivity contribution < 1.29 is 23.6 Å². The summed E-state index contributed by atoms with van der Waals surface area (Å²) in [5, 5.41) is 32.5. The molecule has 27 nitrogen and oxygen atoms in total. The second kappa shape index (κ2) is 46.5. The smallest absolute Gasteiger partial charge is 0.297 e. The van der Waals surface area contributed by atoms with Crippen LogP contribution in [-0.4, -0.2) is 245 Å². The fourth-order valence-electron chi connectivity index (χ4n) is 17.8. The maximum atomic E-state index is 13.0. The molecule has 0 spiro atoms. The van der Waals surface area contributed by atoms with Crippen LogP contribution in [0.4, 0.5) is 23.0 Å². The molecule has 4 saturated heterocycles. The van der Waals surface area contributed by atoms with E-state index < -0.39 is 0 Å². The zero-order valence-electron chi connectivity index (χ0n) is 74.7. The van der Waals surface area contributed by atoms with Gasteiger partial charge in [-0.1, -0.05) is 191 Å². The van der Waals surface area contributed by atoms with Crippen LogP contribution in [-0.2, 0) is 25.7 Å². The van der Waals surface area contributed by atoms with Crippen molar-refractivity contribution in [2.24, 2.45) is 17.8 Å². The first-order valence-corrected chi connectivity index (χ1v) is 47.2. The van der Waals surface area contributed by atoms with Crippen LogP contribution in [0.5, 0.6) is 0 Å². The molecule has 7 N–H and O–H groups in total. The first-order chi connectivity index (χ1) is 60.7. The molecular weight excluding hydrogens is 1570 g/mol. The van der Waals surface area contributed by atoms with Gasteiger partial charge in [0.1, 0.15) is 0 Å². The molecule has 4 unspecified atom stereocenters. The van der Waals surface area contributed by atoms with Gasteiger partial charge in [0.2, 0.25) is 22.0 Å². The molecule has 4 fully saturated rings. The minimum absolute atomic E-state index is 0.0619. The molecule has 12 aromatic rings. The Morgan fingerprint density at radius 1 is 0.411 bits per heavy atom. The monoisotopic (exact) mass is 1710 g/mol. The number of piperazine rings is 4. The number of para-hydroxylation sites is 4. The molecule has 4 aliphatic rings. The van der Waals surface area contributed by atoms with E-state index in [0.29, 0.717) is 77.3 Å². The molecule has 16 rings (SSSR count). The first kappa shape index (κ1) is 91.3. The van der Waals surface area contributed by atoms with E-state index in [9.17, 15) is 19.2 Å². The third kappa shape index (κ3) is 25.0. The number of hydrogen-bond acceptors (Lipinski definition) is 21. The summed E-state index contributed by atoms with van der Waals surface area (Å²) in [6, 6.07) is 34.1. The normalized spacial score (nSPS) is 16.1. The van der Waals surface area contributed by atoms with Crippen molar-refractivity contribution in [1.82, 2.24) is 90.4 Å². The molecule has 12 heterocycles. The molecule has 0 aliphatic carbocycles. The van der Waals surface area contributed by atoms with Crippen LogP contribution >= 0.6 is 11.3 Å². The summed E-state index contributed by atoms with van der Waals surface area (Å²) in [5.41, 5.74) is 9.70. The average molecular weight is 1710 g/mol. The summed E-state index contributed by atoms with van der Waals surface area (Å²) in [5.74, 6) is 3.47. The number of rotatable bonds is 39. The first-order valence-electron chi connectivity index (χ1n) is 46.3. The molecule has 1 amide bonds. The molecule has 0 saturated carbocycles. The third-order valence-corrected chi connectivity index (χ3v) is 26.5. The average Bonchev–Trinajstić information content (AvgIpc) is 1.73. The molecule has 28 heteroatoms. The Balaban J connectivity index is 0.000000142. The zero-order chi connectivity index (χ0) is 86.5. The van der Waals surface area contributed by atoms with Crippen LogP contribution in [0.1, 0.15) is 216 Å². The number of Topliss-reactive ketones (excluding diaryl/α,β-unsaturated/α-hetero) is 3. The highest BCUT2D eigenvalue weighted by atomic mass is 32.1. The fraction of sp³-hybridized carbons (Fsp3) is 0.531. The minimum atomic E-state index is -0.114. The zero-order valence-corrected chi connectivity index (χ0v) is 75.5. The maximum absolute atomic E-state index is 13.0. The number of fused-ring (bicyclic) bond motifs is 4. The summed E-state index contributed by atoms with van der Waals surface area (Å²) >= 11 is 1.40. The van der Waals surface area contributed by atoms with E-state index in [-0.39, 0.29) is 29.3 Å². The minimum Gasteiger partial charge on any atom is -0.420 e. The molecule has 0 radical (unpaired) electrons. The SMILES string of the molecule is CCCCC(CC(=O)c1cnc(N2CCN(CC)CC2)o1)Cc1c[nH]c2ccccc12.CCCCC(CC(=O)c1nc(N2CCN(CC)CC2)n[nH]1)Cc1c[nH]c2ccccc12.CCCCC(CC(=O)c1nc(N2CCN(CC)CC2)n[nH]1)Cc1c[nH]c2ccccc12.CCCCC(Cc1c[nH]c2ccccc12)NC(=O)c1nnc(N2CCN(CC)CC2)s1. The number of carbonyl (C=O) groups excluding carboxylic acids is 4. The Hall–Kier alpha value is -10.4. The predicted molar refractivity (Wildman–Crippen MR) is 501 cm³/mol. The van der Waals surface area contributed by atoms with E-state index >= 15 is 0 Å². The Bertz CT molecular complexity index is 4590. The number of aromatic amines is 6. The Morgan fingerprint density at radius 3 is 1.14 bits per heavy atom.